The Morgan fingerprint density at radius 3 is 2.76 bits per heavy atom. The normalized spacial score (nSPS) is 27.3. The van der Waals surface area contributed by atoms with Gasteiger partial charge in [-0.3, -0.25) is 14.6 Å². The minimum Gasteiger partial charge on any atom is -0.451 e. The number of hydrogen-bond donors (Lipinski definition) is 1. The first-order valence-electron chi connectivity index (χ1n) is 10.5. The van der Waals surface area contributed by atoms with Gasteiger partial charge in [-0.25, -0.2) is 0 Å². The predicted octanol–water partition coefficient (Wildman–Crippen LogP) is 1.04. The number of fused-ring (bicyclic) bond motifs is 3. The molecule has 2 unspecified atom stereocenters. The molecule has 0 radical (unpaired) electrons. The molecule has 5 rings (SSSR count). The summed E-state index contributed by atoms with van der Waals surface area (Å²) in [6.45, 7) is 6.31. The third kappa shape index (κ3) is 3.74. The third-order valence-electron chi connectivity index (χ3n) is 6.44. The molecule has 8 heteroatoms. The smallest absolute Gasteiger partial charge is 0.289 e. The second-order valence-corrected chi connectivity index (χ2v) is 8.63. The SMILES string of the molecule is CN1CCN(C(=O)c2cc3cnc(C(=O)N[C@@H]4CC5CCN(C5)C4)cc3o2)CC1. The maximum absolute atomic E-state index is 12.7. The monoisotopic (exact) mass is 397 g/mol. The summed E-state index contributed by atoms with van der Waals surface area (Å²) in [6.07, 6.45) is 3.88. The summed E-state index contributed by atoms with van der Waals surface area (Å²) in [5.74, 6) is 0.716. The highest BCUT2D eigenvalue weighted by Gasteiger charge is 2.33. The van der Waals surface area contributed by atoms with Gasteiger partial charge < -0.3 is 24.4 Å². The van der Waals surface area contributed by atoms with Crippen LogP contribution in [-0.2, 0) is 0 Å². The van der Waals surface area contributed by atoms with Gasteiger partial charge in [0.25, 0.3) is 11.8 Å². The fourth-order valence-electron chi connectivity index (χ4n) is 4.75. The molecular formula is C21H27N5O3. The first-order valence-corrected chi connectivity index (χ1v) is 10.5. The molecule has 0 aromatic carbocycles. The van der Waals surface area contributed by atoms with Crippen molar-refractivity contribution >= 4 is 22.8 Å². The summed E-state index contributed by atoms with van der Waals surface area (Å²) >= 11 is 0. The van der Waals surface area contributed by atoms with Gasteiger partial charge in [-0.2, -0.15) is 0 Å². The van der Waals surface area contributed by atoms with Crippen molar-refractivity contribution < 1.29 is 14.0 Å². The van der Waals surface area contributed by atoms with Crippen molar-refractivity contribution in [1.82, 2.24) is 25.0 Å². The van der Waals surface area contributed by atoms with Gasteiger partial charge in [0.05, 0.1) is 0 Å². The molecule has 3 aliphatic heterocycles. The van der Waals surface area contributed by atoms with Crippen molar-refractivity contribution in [3.8, 4) is 0 Å². The van der Waals surface area contributed by atoms with Crippen LogP contribution in [0, 0.1) is 5.92 Å². The van der Waals surface area contributed by atoms with E-state index in [9.17, 15) is 9.59 Å². The van der Waals surface area contributed by atoms with Crippen molar-refractivity contribution in [2.75, 3.05) is 52.9 Å². The van der Waals surface area contributed by atoms with Crippen LogP contribution in [0.1, 0.15) is 33.9 Å². The van der Waals surface area contributed by atoms with Gasteiger partial charge in [0.2, 0.25) is 0 Å². The number of amides is 2. The fraction of sp³-hybridized carbons (Fsp3) is 0.571. The van der Waals surface area contributed by atoms with Gasteiger partial charge in [-0.15, -0.1) is 0 Å². The van der Waals surface area contributed by atoms with Crippen LogP contribution in [0.15, 0.2) is 22.7 Å². The molecule has 0 saturated carbocycles. The van der Waals surface area contributed by atoms with Crippen LogP contribution in [0.3, 0.4) is 0 Å². The minimum atomic E-state index is -0.178. The van der Waals surface area contributed by atoms with Crippen LogP contribution in [0.2, 0.25) is 0 Å². The molecule has 2 aromatic rings. The Morgan fingerprint density at radius 1 is 1.14 bits per heavy atom. The Morgan fingerprint density at radius 2 is 1.97 bits per heavy atom. The van der Waals surface area contributed by atoms with E-state index in [2.05, 4.69) is 27.1 Å². The summed E-state index contributed by atoms with van der Waals surface area (Å²) in [7, 11) is 2.05. The third-order valence-corrected chi connectivity index (χ3v) is 6.44. The van der Waals surface area contributed by atoms with Crippen molar-refractivity contribution in [2.45, 2.75) is 18.9 Å². The van der Waals surface area contributed by atoms with Gasteiger partial charge in [0, 0.05) is 63.0 Å². The van der Waals surface area contributed by atoms with E-state index in [1.807, 2.05) is 4.90 Å². The maximum atomic E-state index is 12.7. The Labute approximate surface area is 169 Å². The minimum absolute atomic E-state index is 0.105. The fourth-order valence-corrected chi connectivity index (χ4v) is 4.75. The largest absolute Gasteiger partial charge is 0.451 e. The van der Waals surface area contributed by atoms with E-state index < -0.39 is 0 Å². The molecular weight excluding hydrogens is 370 g/mol. The number of piperidine rings is 1. The molecule has 29 heavy (non-hydrogen) atoms. The molecule has 3 fully saturated rings. The number of nitrogens with zero attached hydrogens (tertiary/aromatic N) is 4. The Hall–Kier alpha value is -2.45. The lowest BCUT2D eigenvalue weighted by Crippen LogP contribution is -2.47. The highest BCUT2D eigenvalue weighted by molar-refractivity contribution is 5.98. The highest BCUT2D eigenvalue weighted by atomic mass is 16.3. The van der Waals surface area contributed by atoms with E-state index in [1.54, 1.807) is 18.3 Å². The first kappa shape index (κ1) is 18.6. The van der Waals surface area contributed by atoms with Gasteiger partial charge in [-0.1, -0.05) is 0 Å². The molecule has 154 valence electrons. The van der Waals surface area contributed by atoms with E-state index >= 15 is 0 Å². The van der Waals surface area contributed by atoms with Gasteiger partial charge in [0.15, 0.2) is 5.76 Å². The molecule has 3 aliphatic rings. The second-order valence-electron chi connectivity index (χ2n) is 8.63. The van der Waals surface area contributed by atoms with Crippen molar-refractivity contribution in [1.29, 1.82) is 0 Å². The quantitative estimate of drug-likeness (QED) is 0.834. The summed E-state index contributed by atoms with van der Waals surface area (Å²) in [5.41, 5.74) is 0.855. The summed E-state index contributed by atoms with van der Waals surface area (Å²) in [4.78, 5) is 36.2. The molecule has 3 atom stereocenters. The summed E-state index contributed by atoms with van der Waals surface area (Å²) in [5, 5.41) is 3.86. The summed E-state index contributed by atoms with van der Waals surface area (Å²) in [6, 6.07) is 3.53. The number of furan rings is 1. The first-order chi connectivity index (χ1) is 14.0. The molecule has 0 aliphatic carbocycles. The number of nitrogens with one attached hydrogen (secondary N) is 1. The van der Waals surface area contributed by atoms with Gasteiger partial charge in [0.1, 0.15) is 11.3 Å². The number of carbonyl (C=O) groups is 2. The van der Waals surface area contributed by atoms with Crippen LogP contribution < -0.4 is 5.32 Å². The lowest BCUT2D eigenvalue weighted by Gasteiger charge is -2.31. The van der Waals surface area contributed by atoms with E-state index in [0.717, 1.165) is 44.5 Å². The van der Waals surface area contributed by atoms with Crippen molar-refractivity contribution in [2.24, 2.45) is 5.92 Å². The van der Waals surface area contributed by atoms with Gasteiger partial charge >= 0.3 is 0 Å². The zero-order chi connectivity index (χ0) is 20.0. The lowest BCUT2D eigenvalue weighted by molar-refractivity contribution is 0.0635. The number of rotatable bonds is 3. The molecule has 2 aromatic heterocycles. The predicted molar refractivity (Wildman–Crippen MR) is 108 cm³/mol. The molecule has 5 heterocycles. The molecule has 3 saturated heterocycles. The highest BCUT2D eigenvalue weighted by Crippen LogP contribution is 2.27. The number of pyridine rings is 1. The molecule has 0 spiro atoms. The standard InChI is InChI=1S/C21H27N5O3/c1-24-4-6-26(7-5-24)21(28)19-9-15-11-22-17(10-18(15)29-19)20(27)23-16-8-14-2-3-25(12-14)13-16/h9-11,14,16H,2-8,12-13H2,1H3,(H,23,27)/t14?,16-/m1/s1. The molecule has 8 nitrogen and oxygen atoms in total. The van der Waals surface area contributed by atoms with Crippen LogP contribution in [-0.4, -0.2) is 90.4 Å². The Bertz CT molecular complexity index is 922. The van der Waals surface area contributed by atoms with E-state index in [4.69, 9.17) is 4.42 Å². The number of carbonyl (C=O) groups excluding carboxylic acids is 2. The number of aromatic nitrogens is 1. The average Bonchev–Trinajstić information content (AvgIpc) is 3.30. The number of likely N-dealkylation sites (N-methyl/N-ethyl adjacent to an activating group) is 1. The molecule has 1 N–H and O–H groups in total. The molecule has 2 amide bonds. The molecule has 2 bridgehead atoms. The van der Waals surface area contributed by atoms with Gasteiger partial charge in [-0.05, 0) is 38.4 Å². The van der Waals surface area contributed by atoms with E-state index in [1.165, 1.54) is 6.42 Å². The Kier molecular flexibility index (Phi) is 4.75. The van der Waals surface area contributed by atoms with Crippen molar-refractivity contribution in [3.05, 3.63) is 29.8 Å². The van der Waals surface area contributed by atoms with Crippen molar-refractivity contribution in [3.63, 3.8) is 0 Å². The Balaban J connectivity index is 1.29. The van der Waals surface area contributed by atoms with Crippen LogP contribution in [0.4, 0.5) is 0 Å². The number of piperazine rings is 1. The van der Waals surface area contributed by atoms with Crippen LogP contribution >= 0.6 is 0 Å². The van der Waals surface area contributed by atoms with E-state index in [0.29, 0.717) is 36.0 Å². The summed E-state index contributed by atoms with van der Waals surface area (Å²) < 4.78 is 5.80. The zero-order valence-electron chi connectivity index (χ0n) is 16.8. The zero-order valence-corrected chi connectivity index (χ0v) is 16.8. The maximum Gasteiger partial charge on any atom is 0.289 e. The lowest BCUT2D eigenvalue weighted by atomic mass is 9.97. The van der Waals surface area contributed by atoms with E-state index in [-0.39, 0.29) is 17.9 Å². The average molecular weight is 397 g/mol. The second kappa shape index (κ2) is 7.42. The van der Waals surface area contributed by atoms with Crippen LogP contribution in [0.25, 0.3) is 11.0 Å². The topological polar surface area (TPSA) is 81.9 Å². The number of hydrogen-bond acceptors (Lipinski definition) is 6. The van der Waals surface area contributed by atoms with Crippen LogP contribution in [0.5, 0.6) is 0 Å².